The Morgan fingerprint density at radius 2 is 1.89 bits per heavy atom. The van der Waals surface area contributed by atoms with Crippen molar-refractivity contribution in [1.29, 1.82) is 0 Å². The number of carbonyl (C=O) groups is 1. The summed E-state index contributed by atoms with van der Waals surface area (Å²) < 4.78 is 40.8. The van der Waals surface area contributed by atoms with Crippen LogP contribution in [0.15, 0.2) is 24.3 Å². The predicted molar refractivity (Wildman–Crippen MR) is 58.4 cm³/mol. The van der Waals surface area contributed by atoms with Crippen molar-refractivity contribution in [3.8, 4) is 5.75 Å². The van der Waals surface area contributed by atoms with Crippen molar-refractivity contribution in [2.24, 2.45) is 0 Å². The second-order valence-corrected chi connectivity index (χ2v) is 3.89. The smallest absolute Gasteiger partial charge is 0.417 e. The van der Waals surface area contributed by atoms with Gasteiger partial charge >= 0.3 is 6.18 Å². The van der Waals surface area contributed by atoms with Gasteiger partial charge in [0.1, 0.15) is 18.1 Å². The predicted octanol–water partition coefficient (Wildman–Crippen LogP) is 2.12. The van der Waals surface area contributed by atoms with Crippen LogP contribution < -0.4 is 4.74 Å². The van der Waals surface area contributed by atoms with Gasteiger partial charge in [-0.2, -0.15) is 13.2 Å². The molecule has 1 atom stereocenters. The summed E-state index contributed by atoms with van der Waals surface area (Å²) in [5.74, 6) is 0.210. The van der Waals surface area contributed by atoms with Gasteiger partial charge < -0.3 is 9.84 Å². The molecule has 0 aliphatic heterocycles. The van der Waals surface area contributed by atoms with E-state index in [0.717, 1.165) is 5.56 Å². The van der Waals surface area contributed by atoms with E-state index in [0.29, 0.717) is 0 Å². The lowest BCUT2D eigenvalue weighted by atomic mass is 10.1. The fourth-order valence-corrected chi connectivity index (χ4v) is 1.26. The number of aliphatic hydroxyl groups excluding tert-OH is 1. The summed E-state index contributed by atoms with van der Waals surface area (Å²) in [6.07, 6.45) is -6.92. The molecule has 0 aliphatic rings. The molecule has 0 radical (unpaired) electrons. The van der Waals surface area contributed by atoms with E-state index in [-0.39, 0.29) is 18.0 Å². The first kappa shape index (κ1) is 14.5. The van der Waals surface area contributed by atoms with Gasteiger partial charge in [0.2, 0.25) is 0 Å². The number of Topliss-reactive ketones (excluding diaryl/α,β-unsaturated/α-hetero) is 1. The molecule has 3 nitrogen and oxygen atoms in total. The zero-order chi connectivity index (χ0) is 13.8. The fourth-order valence-electron chi connectivity index (χ4n) is 1.26. The summed E-state index contributed by atoms with van der Waals surface area (Å²) in [6.45, 7) is 0.597. The minimum Gasteiger partial charge on any atom is -0.491 e. The van der Waals surface area contributed by atoms with Gasteiger partial charge in [-0.15, -0.1) is 0 Å². The monoisotopic (exact) mass is 262 g/mol. The number of alkyl halides is 3. The first-order chi connectivity index (χ1) is 8.29. The average Bonchev–Trinajstić information content (AvgIpc) is 2.25. The summed E-state index contributed by atoms with van der Waals surface area (Å²) in [5.41, 5.74) is 0.756. The molecule has 6 heteroatoms. The van der Waals surface area contributed by atoms with E-state index in [1.165, 1.54) is 19.1 Å². The normalized spacial score (nSPS) is 13.2. The van der Waals surface area contributed by atoms with Gasteiger partial charge in [-0.3, -0.25) is 4.79 Å². The molecule has 18 heavy (non-hydrogen) atoms. The van der Waals surface area contributed by atoms with Gasteiger partial charge in [0.25, 0.3) is 0 Å². The molecular weight excluding hydrogens is 249 g/mol. The maximum Gasteiger partial charge on any atom is 0.417 e. The molecule has 1 rings (SSSR count). The molecule has 100 valence electrons. The SMILES string of the molecule is CC(=O)Cc1ccc(OCC(O)C(F)(F)F)cc1. The lowest BCUT2D eigenvalue weighted by Crippen LogP contribution is -2.34. The Morgan fingerprint density at radius 3 is 2.33 bits per heavy atom. The quantitative estimate of drug-likeness (QED) is 0.884. The highest BCUT2D eigenvalue weighted by atomic mass is 19.4. The summed E-state index contributed by atoms with van der Waals surface area (Å²) >= 11 is 0. The topological polar surface area (TPSA) is 46.5 Å². The number of hydrogen-bond acceptors (Lipinski definition) is 3. The molecular formula is C12H13F3O3. The first-order valence-corrected chi connectivity index (χ1v) is 5.25. The molecule has 0 aromatic heterocycles. The van der Waals surface area contributed by atoms with Crippen LogP contribution in [0.2, 0.25) is 0 Å². The third-order valence-corrected chi connectivity index (χ3v) is 2.16. The number of ketones is 1. The van der Waals surface area contributed by atoms with Crippen LogP contribution in [0.4, 0.5) is 13.2 Å². The van der Waals surface area contributed by atoms with Crippen molar-refractivity contribution in [2.45, 2.75) is 25.6 Å². The van der Waals surface area contributed by atoms with Gasteiger partial charge in [-0.25, -0.2) is 0 Å². The van der Waals surface area contributed by atoms with Gasteiger partial charge in [0.05, 0.1) is 0 Å². The van der Waals surface area contributed by atoms with E-state index in [9.17, 15) is 18.0 Å². The molecule has 0 aliphatic carbocycles. The van der Waals surface area contributed by atoms with Crippen LogP contribution in [0, 0.1) is 0 Å². The Labute approximate surface area is 102 Å². The number of benzene rings is 1. The summed E-state index contributed by atoms with van der Waals surface area (Å²) in [6, 6.07) is 6.11. The third-order valence-electron chi connectivity index (χ3n) is 2.16. The molecule has 0 fully saturated rings. The fraction of sp³-hybridized carbons (Fsp3) is 0.417. The number of ether oxygens (including phenoxy) is 1. The molecule has 1 aromatic carbocycles. The van der Waals surface area contributed by atoms with Crippen LogP contribution in [0.1, 0.15) is 12.5 Å². The van der Waals surface area contributed by atoms with Crippen molar-refractivity contribution < 1.29 is 27.8 Å². The number of hydrogen-bond donors (Lipinski definition) is 1. The zero-order valence-electron chi connectivity index (χ0n) is 9.70. The van der Waals surface area contributed by atoms with Crippen molar-refractivity contribution in [3.05, 3.63) is 29.8 Å². The zero-order valence-corrected chi connectivity index (χ0v) is 9.70. The Kier molecular flexibility index (Phi) is 4.72. The standard InChI is InChI=1S/C12H13F3O3/c1-8(16)6-9-2-4-10(5-3-9)18-7-11(17)12(13,14)15/h2-5,11,17H,6-7H2,1H3. The maximum atomic E-state index is 12.0. The molecule has 0 heterocycles. The lowest BCUT2D eigenvalue weighted by Gasteiger charge is -2.15. The maximum absolute atomic E-state index is 12.0. The Hall–Kier alpha value is -1.56. The summed E-state index contributed by atoms with van der Waals surface area (Å²) in [4.78, 5) is 10.8. The van der Waals surface area contributed by atoms with Crippen LogP contribution in [-0.4, -0.2) is 29.8 Å². The number of aliphatic hydroxyl groups is 1. The van der Waals surface area contributed by atoms with E-state index < -0.39 is 18.9 Å². The van der Waals surface area contributed by atoms with Crippen molar-refractivity contribution in [1.82, 2.24) is 0 Å². The molecule has 0 amide bonds. The van der Waals surface area contributed by atoms with E-state index in [1.54, 1.807) is 12.1 Å². The lowest BCUT2D eigenvalue weighted by molar-refractivity contribution is -0.210. The molecule has 1 aromatic rings. The minimum atomic E-state index is -4.69. The van der Waals surface area contributed by atoms with Gasteiger partial charge in [0, 0.05) is 6.42 Å². The van der Waals surface area contributed by atoms with Gasteiger partial charge in [0.15, 0.2) is 6.10 Å². The van der Waals surface area contributed by atoms with Crippen molar-refractivity contribution in [2.75, 3.05) is 6.61 Å². The van der Waals surface area contributed by atoms with E-state index in [4.69, 9.17) is 9.84 Å². The molecule has 0 saturated carbocycles. The van der Waals surface area contributed by atoms with E-state index in [1.807, 2.05) is 0 Å². The van der Waals surface area contributed by atoms with Crippen LogP contribution >= 0.6 is 0 Å². The minimum absolute atomic E-state index is 0.00355. The van der Waals surface area contributed by atoms with E-state index in [2.05, 4.69) is 0 Å². The van der Waals surface area contributed by atoms with Gasteiger partial charge in [-0.05, 0) is 24.6 Å². The largest absolute Gasteiger partial charge is 0.491 e. The van der Waals surface area contributed by atoms with Crippen molar-refractivity contribution in [3.63, 3.8) is 0 Å². The van der Waals surface area contributed by atoms with Gasteiger partial charge in [-0.1, -0.05) is 12.1 Å². The summed E-state index contributed by atoms with van der Waals surface area (Å²) in [7, 11) is 0. The Bertz CT molecular complexity index is 398. The highest BCUT2D eigenvalue weighted by Gasteiger charge is 2.38. The third kappa shape index (κ3) is 4.75. The average molecular weight is 262 g/mol. The van der Waals surface area contributed by atoms with Crippen LogP contribution in [0.3, 0.4) is 0 Å². The molecule has 0 bridgehead atoms. The number of rotatable bonds is 5. The van der Waals surface area contributed by atoms with Crippen LogP contribution in [0.5, 0.6) is 5.75 Å². The second-order valence-electron chi connectivity index (χ2n) is 3.89. The first-order valence-electron chi connectivity index (χ1n) is 5.25. The second kappa shape index (κ2) is 5.86. The number of halogens is 3. The molecule has 0 spiro atoms. The Balaban J connectivity index is 2.51. The van der Waals surface area contributed by atoms with Crippen LogP contribution in [0.25, 0.3) is 0 Å². The van der Waals surface area contributed by atoms with E-state index >= 15 is 0 Å². The molecule has 1 N–H and O–H groups in total. The summed E-state index contributed by atoms with van der Waals surface area (Å²) in [5, 5.41) is 8.73. The van der Waals surface area contributed by atoms with Crippen LogP contribution in [-0.2, 0) is 11.2 Å². The number of carbonyl (C=O) groups excluding carboxylic acids is 1. The highest BCUT2D eigenvalue weighted by molar-refractivity contribution is 5.78. The molecule has 1 unspecified atom stereocenters. The van der Waals surface area contributed by atoms with Crippen molar-refractivity contribution >= 4 is 5.78 Å². The Morgan fingerprint density at radius 1 is 1.33 bits per heavy atom. The molecule has 0 saturated heterocycles. The highest BCUT2D eigenvalue weighted by Crippen LogP contribution is 2.21.